The molecule has 19 heavy (non-hydrogen) atoms. The molecule has 2 rings (SSSR count). The maximum Gasteiger partial charge on any atom is 0.303 e. The lowest BCUT2D eigenvalue weighted by Crippen LogP contribution is -2.27. The molecule has 0 bridgehead atoms. The summed E-state index contributed by atoms with van der Waals surface area (Å²) in [5.74, 6) is -0.975. The van der Waals surface area contributed by atoms with Crippen molar-refractivity contribution in [3.05, 3.63) is 34.1 Å². The van der Waals surface area contributed by atoms with E-state index in [1.807, 2.05) is 0 Å². The highest BCUT2D eigenvalue weighted by Gasteiger charge is 2.29. The number of carboxylic acid groups (broad SMARTS) is 1. The average molecular weight is 330 g/mol. The third kappa shape index (κ3) is 4.58. The SMILES string of the molecule is O=C(O)CCCN(Cc1cc(Br)ccc1F)C1CC1. The van der Waals surface area contributed by atoms with Gasteiger partial charge in [0, 0.05) is 29.0 Å². The standard InChI is InChI=1S/C14H17BrFNO2/c15-11-3-6-13(16)10(8-11)9-17(12-4-5-12)7-1-2-14(18)19/h3,6,8,12H,1-2,4-5,7,9H2,(H,18,19). The summed E-state index contributed by atoms with van der Waals surface area (Å²) in [5.41, 5.74) is 0.664. The molecule has 0 unspecified atom stereocenters. The first-order valence-corrected chi connectivity index (χ1v) is 7.25. The lowest BCUT2D eigenvalue weighted by Gasteiger charge is -2.22. The zero-order chi connectivity index (χ0) is 13.8. The van der Waals surface area contributed by atoms with Crippen LogP contribution in [0.1, 0.15) is 31.2 Å². The van der Waals surface area contributed by atoms with Gasteiger partial charge in [-0.3, -0.25) is 9.69 Å². The van der Waals surface area contributed by atoms with Crippen LogP contribution in [0.15, 0.2) is 22.7 Å². The Kier molecular flexibility index (Phi) is 4.93. The second kappa shape index (κ2) is 6.48. The van der Waals surface area contributed by atoms with Gasteiger partial charge in [-0.15, -0.1) is 0 Å². The maximum atomic E-state index is 13.7. The smallest absolute Gasteiger partial charge is 0.303 e. The van der Waals surface area contributed by atoms with E-state index in [1.165, 1.54) is 6.07 Å². The molecule has 0 spiro atoms. The van der Waals surface area contributed by atoms with Crippen molar-refractivity contribution in [2.45, 2.75) is 38.3 Å². The number of carbonyl (C=O) groups is 1. The number of benzene rings is 1. The molecule has 1 aliphatic rings. The fraction of sp³-hybridized carbons (Fsp3) is 0.500. The van der Waals surface area contributed by atoms with Gasteiger partial charge < -0.3 is 5.11 Å². The minimum atomic E-state index is -0.774. The number of carboxylic acids is 1. The first kappa shape index (κ1) is 14.5. The molecule has 0 aromatic heterocycles. The lowest BCUT2D eigenvalue weighted by molar-refractivity contribution is -0.137. The van der Waals surface area contributed by atoms with Gasteiger partial charge in [0.05, 0.1) is 0 Å². The van der Waals surface area contributed by atoms with Crippen molar-refractivity contribution in [3.63, 3.8) is 0 Å². The molecule has 1 saturated carbocycles. The van der Waals surface area contributed by atoms with Gasteiger partial charge in [0.2, 0.25) is 0 Å². The van der Waals surface area contributed by atoms with Crippen LogP contribution in [0.4, 0.5) is 4.39 Å². The van der Waals surface area contributed by atoms with Gasteiger partial charge in [-0.1, -0.05) is 15.9 Å². The van der Waals surface area contributed by atoms with Crippen LogP contribution in [-0.2, 0) is 11.3 Å². The average Bonchev–Trinajstić information content (AvgIpc) is 3.16. The molecule has 1 fully saturated rings. The van der Waals surface area contributed by atoms with Crippen molar-refractivity contribution in [1.29, 1.82) is 0 Å². The monoisotopic (exact) mass is 329 g/mol. The van der Waals surface area contributed by atoms with Crippen LogP contribution in [0.25, 0.3) is 0 Å². The Balaban J connectivity index is 1.96. The Morgan fingerprint density at radius 3 is 2.84 bits per heavy atom. The minimum absolute atomic E-state index is 0.171. The van der Waals surface area contributed by atoms with Crippen LogP contribution in [0.2, 0.25) is 0 Å². The molecule has 1 aliphatic carbocycles. The molecule has 1 N–H and O–H groups in total. The molecule has 0 amide bonds. The van der Waals surface area contributed by atoms with Gasteiger partial charge in [0.15, 0.2) is 0 Å². The maximum absolute atomic E-state index is 13.7. The van der Waals surface area contributed by atoms with Crippen molar-refractivity contribution in [2.75, 3.05) is 6.54 Å². The van der Waals surface area contributed by atoms with Gasteiger partial charge in [-0.05, 0) is 44.0 Å². The van der Waals surface area contributed by atoms with Crippen LogP contribution in [0.3, 0.4) is 0 Å². The van der Waals surface area contributed by atoms with Crippen molar-refractivity contribution >= 4 is 21.9 Å². The van der Waals surface area contributed by atoms with E-state index in [-0.39, 0.29) is 12.2 Å². The molecule has 0 radical (unpaired) electrons. The highest BCUT2D eigenvalue weighted by atomic mass is 79.9. The van der Waals surface area contributed by atoms with E-state index in [0.29, 0.717) is 31.1 Å². The highest BCUT2D eigenvalue weighted by Crippen LogP contribution is 2.29. The third-order valence-electron chi connectivity index (χ3n) is 3.28. The third-order valence-corrected chi connectivity index (χ3v) is 3.77. The van der Waals surface area contributed by atoms with E-state index >= 15 is 0 Å². The fourth-order valence-corrected chi connectivity index (χ4v) is 2.56. The lowest BCUT2D eigenvalue weighted by atomic mass is 10.2. The predicted molar refractivity (Wildman–Crippen MR) is 74.4 cm³/mol. The molecular weight excluding hydrogens is 313 g/mol. The number of halogens is 2. The summed E-state index contributed by atoms with van der Waals surface area (Å²) in [5, 5.41) is 8.67. The molecular formula is C14H17BrFNO2. The Morgan fingerprint density at radius 1 is 1.47 bits per heavy atom. The second-order valence-electron chi connectivity index (χ2n) is 4.93. The summed E-state index contributed by atoms with van der Waals surface area (Å²) >= 11 is 3.35. The molecule has 0 saturated heterocycles. The largest absolute Gasteiger partial charge is 0.481 e. The zero-order valence-electron chi connectivity index (χ0n) is 10.6. The summed E-state index contributed by atoms with van der Waals surface area (Å²) in [6.45, 7) is 1.26. The van der Waals surface area contributed by atoms with Crippen molar-refractivity contribution < 1.29 is 14.3 Å². The molecule has 0 heterocycles. The van der Waals surface area contributed by atoms with Crippen LogP contribution >= 0.6 is 15.9 Å². The first-order valence-electron chi connectivity index (χ1n) is 6.46. The zero-order valence-corrected chi connectivity index (χ0v) is 12.2. The van der Waals surface area contributed by atoms with Crippen molar-refractivity contribution in [2.24, 2.45) is 0 Å². The molecule has 5 heteroatoms. The summed E-state index contributed by atoms with van der Waals surface area (Å²) in [4.78, 5) is 12.7. The number of rotatable bonds is 7. The summed E-state index contributed by atoms with van der Waals surface area (Å²) in [6, 6.07) is 5.43. The van der Waals surface area contributed by atoms with E-state index in [9.17, 15) is 9.18 Å². The summed E-state index contributed by atoms with van der Waals surface area (Å²) in [7, 11) is 0. The normalized spacial score (nSPS) is 14.9. The van der Waals surface area contributed by atoms with Crippen molar-refractivity contribution in [1.82, 2.24) is 4.90 Å². The van der Waals surface area contributed by atoms with Crippen LogP contribution in [-0.4, -0.2) is 28.6 Å². The summed E-state index contributed by atoms with van der Waals surface area (Å²) < 4.78 is 14.6. The topological polar surface area (TPSA) is 40.5 Å². The van der Waals surface area contributed by atoms with Gasteiger partial charge in [0.25, 0.3) is 0 Å². The number of hydrogen-bond acceptors (Lipinski definition) is 2. The summed E-state index contributed by atoms with van der Waals surface area (Å²) in [6.07, 6.45) is 3.04. The van der Waals surface area contributed by atoms with E-state index in [4.69, 9.17) is 5.11 Å². The number of hydrogen-bond donors (Lipinski definition) is 1. The van der Waals surface area contributed by atoms with Crippen molar-refractivity contribution in [3.8, 4) is 0 Å². The highest BCUT2D eigenvalue weighted by molar-refractivity contribution is 9.10. The number of aliphatic carboxylic acids is 1. The van der Waals surface area contributed by atoms with Gasteiger partial charge in [-0.2, -0.15) is 0 Å². The number of nitrogens with zero attached hydrogens (tertiary/aromatic N) is 1. The minimum Gasteiger partial charge on any atom is -0.481 e. The molecule has 3 nitrogen and oxygen atoms in total. The first-order chi connectivity index (χ1) is 9.06. The van der Waals surface area contributed by atoms with Crippen LogP contribution < -0.4 is 0 Å². The predicted octanol–water partition coefficient (Wildman–Crippen LogP) is 3.42. The van der Waals surface area contributed by atoms with E-state index in [2.05, 4.69) is 20.8 Å². The Hall–Kier alpha value is -0.940. The van der Waals surface area contributed by atoms with Crippen LogP contribution in [0.5, 0.6) is 0 Å². The quantitative estimate of drug-likeness (QED) is 0.833. The van der Waals surface area contributed by atoms with E-state index in [0.717, 1.165) is 17.3 Å². The van der Waals surface area contributed by atoms with E-state index in [1.54, 1.807) is 12.1 Å². The Bertz CT molecular complexity index is 463. The van der Waals surface area contributed by atoms with Crippen LogP contribution in [0, 0.1) is 5.82 Å². The second-order valence-corrected chi connectivity index (χ2v) is 5.85. The Labute approximate surface area is 120 Å². The molecule has 0 atom stereocenters. The van der Waals surface area contributed by atoms with Gasteiger partial charge in [-0.25, -0.2) is 4.39 Å². The van der Waals surface area contributed by atoms with E-state index < -0.39 is 5.97 Å². The molecule has 104 valence electrons. The van der Waals surface area contributed by atoms with Gasteiger partial charge >= 0.3 is 5.97 Å². The fourth-order valence-electron chi connectivity index (χ4n) is 2.15. The van der Waals surface area contributed by atoms with Gasteiger partial charge in [0.1, 0.15) is 5.82 Å². The molecule has 0 aliphatic heterocycles. The molecule has 1 aromatic rings. The molecule has 1 aromatic carbocycles. The Morgan fingerprint density at radius 2 is 2.21 bits per heavy atom.